The Bertz CT molecular complexity index is 584. The van der Waals surface area contributed by atoms with Crippen LogP contribution in [0.5, 0.6) is 0 Å². The van der Waals surface area contributed by atoms with Crippen molar-refractivity contribution < 1.29 is 9.90 Å². The molecular formula is C14H11Cl2NO2. The highest BCUT2D eigenvalue weighted by Crippen LogP contribution is 2.20. The second kappa shape index (κ2) is 6.06. The SMILES string of the molecule is O=C(Nc1ccc(Cl)cc1)C(O)c1cccc(Cl)c1. The Morgan fingerprint density at radius 3 is 2.37 bits per heavy atom. The lowest BCUT2D eigenvalue weighted by molar-refractivity contribution is -0.124. The van der Waals surface area contributed by atoms with Crippen LogP contribution in [0.15, 0.2) is 48.5 Å². The zero-order valence-electron chi connectivity index (χ0n) is 9.81. The van der Waals surface area contributed by atoms with Crippen molar-refractivity contribution in [3.63, 3.8) is 0 Å². The molecule has 1 amide bonds. The average Bonchev–Trinajstić information content (AvgIpc) is 2.40. The molecule has 19 heavy (non-hydrogen) atoms. The number of hydrogen-bond donors (Lipinski definition) is 2. The summed E-state index contributed by atoms with van der Waals surface area (Å²) in [4.78, 5) is 11.9. The van der Waals surface area contributed by atoms with E-state index in [9.17, 15) is 9.90 Å². The first-order chi connectivity index (χ1) is 9.06. The molecule has 0 heterocycles. The highest BCUT2D eigenvalue weighted by Gasteiger charge is 2.17. The number of hydrogen-bond acceptors (Lipinski definition) is 2. The van der Waals surface area contributed by atoms with E-state index >= 15 is 0 Å². The molecule has 2 N–H and O–H groups in total. The first-order valence-electron chi connectivity index (χ1n) is 5.56. The van der Waals surface area contributed by atoms with Crippen LogP contribution in [0.4, 0.5) is 5.69 Å². The molecule has 0 aliphatic heterocycles. The topological polar surface area (TPSA) is 49.3 Å². The molecule has 5 heteroatoms. The summed E-state index contributed by atoms with van der Waals surface area (Å²) in [7, 11) is 0. The van der Waals surface area contributed by atoms with Crippen LogP contribution in [0, 0.1) is 0 Å². The molecule has 0 saturated heterocycles. The largest absolute Gasteiger partial charge is 0.378 e. The number of carbonyl (C=O) groups excluding carboxylic acids is 1. The number of nitrogens with one attached hydrogen (secondary N) is 1. The highest BCUT2D eigenvalue weighted by molar-refractivity contribution is 6.31. The number of aliphatic hydroxyl groups is 1. The lowest BCUT2D eigenvalue weighted by Gasteiger charge is -2.12. The zero-order valence-corrected chi connectivity index (χ0v) is 11.3. The summed E-state index contributed by atoms with van der Waals surface area (Å²) in [6, 6.07) is 13.2. The maximum absolute atomic E-state index is 11.9. The zero-order chi connectivity index (χ0) is 13.8. The lowest BCUT2D eigenvalue weighted by Crippen LogP contribution is -2.20. The van der Waals surface area contributed by atoms with Crippen molar-refractivity contribution in [1.82, 2.24) is 0 Å². The smallest absolute Gasteiger partial charge is 0.257 e. The maximum Gasteiger partial charge on any atom is 0.257 e. The number of aliphatic hydroxyl groups excluding tert-OH is 1. The third-order valence-electron chi connectivity index (χ3n) is 2.52. The fourth-order valence-electron chi connectivity index (χ4n) is 1.57. The third kappa shape index (κ3) is 3.70. The van der Waals surface area contributed by atoms with Crippen LogP contribution in [0.2, 0.25) is 10.0 Å². The Balaban J connectivity index is 2.09. The van der Waals surface area contributed by atoms with Gasteiger partial charge in [0, 0.05) is 15.7 Å². The standard InChI is InChI=1S/C14H11Cl2NO2/c15-10-4-6-12(7-5-10)17-14(19)13(18)9-2-1-3-11(16)8-9/h1-8,13,18H,(H,17,19). The summed E-state index contributed by atoms with van der Waals surface area (Å²) in [6.45, 7) is 0. The normalized spacial score (nSPS) is 11.9. The van der Waals surface area contributed by atoms with Gasteiger partial charge in [-0.25, -0.2) is 0 Å². The molecule has 0 bridgehead atoms. The summed E-state index contributed by atoms with van der Waals surface area (Å²) < 4.78 is 0. The quantitative estimate of drug-likeness (QED) is 0.908. The van der Waals surface area contributed by atoms with Gasteiger partial charge in [0.1, 0.15) is 0 Å². The number of amides is 1. The molecule has 0 saturated carbocycles. The number of rotatable bonds is 3. The van der Waals surface area contributed by atoms with Crippen LogP contribution in [-0.4, -0.2) is 11.0 Å². The van der Waals surface area contributed by atoms with E-state index in [4.69, 9.17) is 23.2 Å². The molecule has 98 valence electrons. The average molecular weight is 296 g/mol. The third-order valence-corrected chi connectivity index (χ3v) is 3.01. The van der Waals surface area contributed by atoms with Crippen molar-refractivity contribution in [3.8, 4) is 0 Å². The fourth-order valence-corrected chi connectivity index (χ4v) is 1.90. The molecule has 0 aliphatic carbocycles. The van der Waals surface area contributed by atoms with Gasteiger partial charge in [-0.05, 0) is 42.0 Å². The van der Waals surface area contributed by atoms with Crippen molar-refractivity contribution >= 4 is 34.8 Å². The number of benzene rings is 2. The second-order valence-corrected chi connectivity index (χ2v) is 4.83. The van der Waals surface area contributed by atoms with Crippen LogP contribution < -0.4 is 5.32 Å². The molecule has 0 aliphatic rings. The predicted octanol–water partition coefficient (Wildman–Crippen LogP) is 3.67. The van der Waals surface area contributed by atoms with Gasteiger partial charge in [0.15, 0.2) is 6.10 Å². The summed E-state index contributed by atoms with van der Waals surface area (Å²) in [6.07, 6.45) is -1.27. The van der Waals surface area contributed by atoms with Crippen molar-refractivity contribution in [2.24, 2.45) is 0 Å². The van der Waals surface area contributed by atoms with Crippen molar-refractivity contribution in [2.75, 3.05) is 5.32 Å². The van der Waals surface area contributed by atoms with Gasteiger partial charge >= 0.3 is 0 Å². The van der Waals surface area contributed by atoms with Gasteiger partial charge in [0.25, 0.3) is 5.91 Å². The van der Waals surface area contributed by atoms with Gasteiger partial charge in [-0.1, -0.05) is 35.3 Å². The molecule has 0 radical (unpaired) electrons. The molecule has 2 rings (SSSR count). The Kier molecular flexibility index (Phi) is 4.43. The van der Waals surface area contributed by atoms with Crippen LogP contribution >= 0.6 is 23.2 Å². The first-order valence-corrected chi connectivity index (χ1v) is 6.32. The van der Waals surface area contributed by atoms with E-state index in [-0.39, 0.29) is 0 Å². The van der Waals surface area contributed by atoms with Gasteiger partial charge < -0.3 is 10.4 Å². The highest BCUT2D eigenvalue weighted by atomic mass is 35.5. The van der Waals surface area contributed by atoms with E-state index in [0.717, 1.165) is 0 Å². The predicted molar refractivity (Wildman–Crippen MR) is 76.5 cm³/mol. The van der Waals surface area contributed by atoms with Crippen LogP contribution in [-0.2, 0) is 4.79 Å². The van der Waals surface area contributed by atoms with E-state index in [2.05, 4.69) is 5.32 Å². The molecule has 0 spiro atoms. The Morgan fingerprint density at radius 1 is 1.05 bits per heavy atom. The summed E-state index contributed by atoms with van der Waals surface area (Å²) in [5, 5.41) is 13.6. The Hall–Kier alpha value is -1.55. The van der Waals surface area contributed by atoms with Gasteiger partial charge in [0.05, 0.1) is 0 Å². The maximum atomic E-state index is 11.9. The van der Waals surface area contributed by atoms with E-state index < -0.39 is 12.0 Å². The van der Waals surface area contributed by atoms with Crippen molar-refractivity contribution in [3.05, 3.63) is 64.1 Å². The van der Waals surface area contributed by atoms with Crippen molar-refractivity contribution in [2.45, 2.75) is 6.10 Å². The van der Waals surface area contributed by atoms with Gasteiger partial charge in [0.2, 0.25) is 0 Å². The van der Waals surface area contributed by atoms with Crippen LogP contribution in [0.3, 0.4) is 0 Å². The molecule has 1 unspecified atom stereocenters. The lowest BCUT2D eigenvalue weighted by atomic mass is 10.1. The fraction of sp³-hybridized carbons (Fsp3) is 0.0714. The molecule has 0 fully saturated rings. The molecule has 0 aromatic heterocycles. The molecular weight excluding hydrogens is 285 g/mol. The molecule has 1 atom stereocenters. The van der Waals surface area contributed by atoms with Crippen LogP contribution in [0.1, 0.15) is 11.7 Å². The number of anilines is 1. The molecule has 3 nitrogen and oxygen atoms in total. The minimum absolute atomic E-state index is 0.443. The van der Waals surface area contributed by atoms with E-state index in [1.165, 1.54) is 0 Å². The van der Waals surface area contributed by atoms with E-state index in [1.54, 1.807) is 48.5 Å². The van der Waals surface area contributed by atoms with E-state index in [0.29, 0.717) is 21.3 Å². The van der Waals surface area contributed by atoms with Crippen LogP contribution in [0.25, 0.3) is 0 Å². The number of carbonyl (C=O) groups is 1. The minimum Gasteiger partial charge on any atom is -0.378 e. The minimum atomic E-state index is -1.27. The monoisotopic (exact) mass is 295 g/mol. The molecule has 2 aromatic rings. The first kappa shape index (κ1) is 13.9. The summed E-state index contributed by atoms with van der Waals surface area (Å²) in [5.74, 6) is -0.524. The molecule has 2 aromatic carbocycles. The summed E-state index contributed by atoms with van der Waals surface area (Å²) >= 11 is 11.6. The van der Waals surface area contributed by atoms with Crippen molar-refractivity contribution in [1.29, 1.82) is 0 Å². The Morgan fingerprint density at radius 2 is 1.74 bits per heavy atom. The summed E-state index contributed by atoms with van der Waals surface area (Å²) in [5.41, 5.74) is 1.01. The second-order valence-electron chi connectivity index (χ2n) is 3.95. The van der Waals surface area contributed by atoms with Gasteiger partial charge in [-0.2, -0.15) is 0 Å². The van der Waals surface area contributed by atoms with Gasteiger partial charge in [-0.15, -0.1) is 0 Å². The Labute approximate surface area is 120 Å². The van der Waals surface area contributed by atoms with E-state index in [1.807, 2.05) is 0 Å². The number of halogens is 2. The van der Waals surface area contributed by atoms with Gasteiger partial charge in [-0.3, -0.25) is 4.79 Å².